The molecular weight excluding hydrogens is 314 g/mol. The van der Waals surface area contributed by atoms with Crippen LogP contribution < -0.4 is 5.73 Å². The molecule has 0 radical (unpaired) electrons. The van der Waals surface area contributed by atoms with Crippen LogP contribution in [0.4, 0.5) is 0 Å². The molecule has 0 saturated heterocycles. The van der Waals surface area contributed by atoms with Crippen molar-refractivity contribution in [3.8, 4) is 0 Å². The summed E-state index contributed by atoms with van der Waals surface area (Å²) in [6, 6.07) is 0.259. The zero-order chi connectivity index (χ0) is 14.5. The topological polar surface area (TPSA) is 43.8 Å². The van der Waals surface area contributed by atoms with Crippen LogP contribution in [0.5, 0.6) is 0 Å². The first-order valence-corrected chi connectivity index (χ1v) is 8.88. The summed E-state index contributed by atoms with van der Waals surface area (Å²) in [6.07, 6.45) is 10.5. The van der Waals surface area contributed by atoms with Gasteiger partial charge in [0.15, 0.2) is 0 Å². The molecule has 2 rings (SSSR count). The van der Waals surface area contributed by atoms with E-state index in [1.165, 1.54) is 44.2 Å². The Morgan fingerprint density at radius 1 is 1.35 bits per heavy atom. The fourth-order valence-corrected chi connectivity index (χ4v) is 3.79. The largest absolute Gasteiger partial charge is 0.327 e. The van der Waals surface area contributed by atoms with Crippen LogP contribution in [0.15, 0.2) is 4.47 Å². The molecule has 1 fully saturated rings. The van der Waals surface area contributed by atoms with Gasteiger partial charge in [0.2, 0.25) is 0 Å². The highest BCUT2D eigenvalue weighted by Gasteiger charge is 2.18. The van der Waals surface area contributed by atoms with Crippen LogP contribution in [0.3, 0.4) is 0 Å². The Morgan fingerprint density at radius 2 is 2.05 bits per heavy atom. The Morgan fingerprint density at radius 3 is 2.70 bits per heavy atom. The summed E-state index contributed by atoms with van der Waals surface area (Å²) < 4.78 is 3.23. The highest BCUT2D eigenvalue weighted by atomic mass is 79.9. The lowest BCUT2D eigenvalue weighted by Crippen LogP contribution is -2.25. The van der Waals surface area contributed by atoms with E-state index in [9.17, 15) is 0 Å². The van der Waals surface area contributed by atoms with Crippen molar-refractivity contribution in [1.29, 1.82) is 0 Å². The normalized spacial score (nSPS) is 18.4. The molecule has 3 nitrogen and oxygen atoms in total. The van der Waals surface area contributed by atoms with E-state index < -0.39 is 0 Å². The maximum absolute atomic E-state index is 6.36. The Balaban J connectivity index is 1.86. The molecule has 0 aromatic carbocycles. The molecule has 0 aliphatic heterocycles. The summed E-state index contributed by atoms with van der Waals surface area (Å²) in [4.78, 5) is 0. The van der Waals surface area contributed by atoms with Crippen molar-refractivity contribution < 1.29 is 0 Å². The Kier molecular flexibility index (Phi) is 6.09. The van der Waals surface area contributed by atoms with Gasteiger partial charge in [0.1, 0.15) is 0 Å². The van der Waals surface area contributed by atoms with Crippen molar-refractivity contribution in [2.24, 2.45) is 11.7 Å². The number of aryl methyl sites for hydroxylation is 2. The number of aromatic nitrogens is 2. The van der Waals surface area contributed by atoms with Gasteiger partial charge < -0.3 is 5.73 Å². The van der Waals surface area contributed by atoms with Crippen LogP contribution in [-0.4, -0.2) is 15.8 Å². The minimum Gasteiger partial charge on any atom is -0.327 e. The van der Waals surface area contributed by atoms with E-state index in [1.54, 1.807) is 0 Å². The number of halogens is 1. The first kappa shape index (κ1) is 16.0. The van der Waals surface area contributed by atoms with Crippen molar-refractivity contribution >= 4 is 15.9 Å². The van der Waals surface area contributed by atoms with Gasteiger partial charge in [0.25, 0.3) is 0 Å². The van der Waals surface area contributed by atoms with Gasteiger partial charge in [-0.25, -0.2) is 0 Å². The molecule has 0 spiro atoms. The molecule has 1 saturated carbocycles. The molecule has 1 atom stereocenters. The lowest BCUT2D eigenvalue weighted by molar-refractivity contribution is 0.322. The monoisotopic (exact) mass is 341 g/mol. The van der Waals surface area contributed by atoms with Gasteiger partial charge in [0, 0.05) is 19.0 Å². The van der Waals surface area contributed by atoms with Crippen LogP contribution >= 0.6 is 15.9 Å². The van der Waals surface area contributed by atoms with Gasteiger partial charge in [-0.1, -0.05) is 32.1 Å². The van der Waals surface area contributed by atoms with Crippen molar-refractivity contribution in [3.05, 3.63) is 15.9 Å². The fourth-order valence-electron chi connectivity index (χ4n) is 3.34. The standard InChI is InChI=1S/C16H28BrN3/c1-3-20-15(16(17)12(2)19-20)11-14(18)10-9-13-7-5-4-6-8-13/h13-14H,3-11,18H2,1-2H3. The third-order valence-electron chi connectivity index (χ3n) is 4.58. The van der Waals surface area contributed by atoms with E-state index >= 15 is 0 Å². The second-order valence-electron chi connectivity index (χ2n) is 6.21. The quantitative estimate of drug-likeness (QED) is 0.842. The average Bonchev–Trinajstić information content (AvgIpc) is 2.74. The highest BCUT2D eigenvalue weighted by molar-refractivity contribution is 9.10. The SMILES string of the molecule is CCn1nc(C)c(Br)c1CC(N)CCC1CCCCC1. The van der Waals surface area contributed by atoms with Gasteiger partial charge >= 0.3 is 0 Å². The van der Waals surface area contributed by atoms with Gasteiger partial charge in [0.05, 0.1) is 15.9 Å². The van der Waals surface area contributed by atoms with E-state index in [0.717, 1.165) is 35.5 Å². The maximum atomic E-state index is 6.36. The van der Waals surface area contributed by atoms with E-state index in [0.29, 0.717) is 0 Å². The predicted molar refractivity (Wildman–Crippen MR) is 87.8 cm³/mol. The second kappa shape index (κ2) is 7.60. The second-order valence-corrected chi connectivity index (χ2v) is 7.00. The number of nitrogens with two attached hydrogens (primary N) is 1. The molecular formula is C16H28BrN3. The maximum Gasteiger partial charge on any atom is 0.0738 e. The van der Waals surface area contributed by atoms with Gasteiger partial charge in [-0.3, -0.25) is 4.68 Å². The van der Waals surface area contributed by atoms with Crippen LogP contribution in [0.25, 0.3) is 0 Å². The molecule has 1 unspecified atom stereocenters. The molecule has 0 amide bonds. The molecule has 4 heteroatoms. The molecule has 1 aliphatic rings. The summed E-state index contributed by atoms with van der Waals surface area (Å²) >= 11 is 3.66. The molecule has 1 aromatic heterocycles. The van der Waals surface area contributed by atoms with Crippen molar-refractivity contribution in [2.45, 2.75) is 77.8 Å². The highest BCUT2D eigenvalue weighted by Crippen LogP contribution is 2.28. The minimum absolute atomic E-state index is 0.259. The average molecular weight is 342 g/mol. The van der Waals surface area contributed by atoms with Crippen molar-refractivity contribution in [2.75, 3.05) is 0 Å². The Hall–Kier alpha value is -0.350. The third-order valence-corrected chi connectivity index (χ3v) is 5.61. The van der Waals surface area contributed by atoms with Gasteiger partial charge in [-0.05, 0) is 48.5 Å². The predicted octanol–water partition coefficient (Wildman–Crippen LogP) is 4.20. The summed E-state index contributed by atoms with van der Waals surface area (Å²) in [7, 11) is 0. The third kappa shape index (κ3) is 4.08. The number of hydrogen-bond acceptors (Lipinski definition) is 2. The molecule has 0 bridgehead atoms. The molecule has 1 aliphatic carbocycles. The minimum atomic E-state index is 0.259. The van der Waals surface area contributed by atoms with Gasteiger partial charge in [-0.15, -0.1) is 0 Å². The summed E-state index contributed by atoms with van der Waals surface area (Å²) in [5, 5.41) is 4.55. The lowest BCUT2D eigenvalue weighted by atomic mass is 9.85. The molecule has 2 N–H and O–H groups in total. The van der Waals surface area contributed by atoms with E-state index in [1.807, 2.05) is 6.92 Å². The van der Waals surface area contributed by atoms with Gasteiger partial charge in [-0.2, -0.15) is 5.10 Å². The fraction of sp³-hybridized carbons (Fsp3) is 0.812. The number of rotatable bonds is 6. The van der Waals surface area contributed by atoms with Crippen LogP contribution in [0.1, 0.15) is 63.3 Å². The first-order chi connectivity index (χ1) is 9.61. The summed E-state index contributed by atoms with van der Waals surface area (Å²) in [6.45, 7) is 5.10. The summed E-state index contributed by atoms with van der Waals surface area (Å²) in [5.41, 5.74) is 8.70. The zero-order valence-corrected chi connectivity index (χ0v) is 14.5. The van der Waals surface area contributed by atoms with Crippen LogP contribution in [0.2, 0.25) is 0 Å². The number of nitrogens with zero attached hydrogens (tertiary/aromatic N) is 2. The lowest BCUT2D eigenvalue weighted by Gasteiger charge is -2.23. The summed E-state index contributed by atoms with van der Waals surface area (Å²) in [5.74, 6) is 0.927. The smallest absolute Gasteiger partial charge is 0.0738 e. The number of hydrogen-bond donors (Lipinski definition) is 1. The Bertz CT molecular complexity index is 422. The molecule has 1 aromatic rings. The van der Waals surface area contributed by atoms with Crippen molar-refractivity contribution in [1.82, 2.24) is 9.78 Å². The van der Waals surface area contributed by atoms with E-state index in [-0.39, 0.29) is 6.04 Å². The first-order valence-electron chi connectivity index (χ1n) is 8.09. The van der Waals surface area contributed by atoms with Crippen LogP contribution in [-0.2, 0) is 13.0 Å². The molecule has 114 valence electrons. The zero-order valence-electron chi connectivity index (χ0n) is 12.9. The van der Waals surface area contributed by atoms with E-state index in [2.05, 4.69) is 32.6 Å². The molecule has 20 heavy (non-hydrogen) atoms. The van der Waals surface area contributed by atoms with E-state index in [4.69, 9.17) is 5.73 Å². The van der Waals surface area contributed by atoms with Crippen LogP contribution in [0, 0.1) is 12.8 Å². The molecule has 1 heterocycles. The Labute approximate surface area is 131 Å². The van der Waals surface area contributed by atoms with Crippen molar-refractivity contribution in [3.63, 3.8) is 0 Å².